The Morgan fingerprint density at radius 1 is 1.58 bits per heavy atom. The molecule has 0 radical (unpaired) electrons. The summed E-state index contributed by atoms with van der Waals surface area (Å²) in [5.41, 5.74) is 0. The van der Waals surface area contributed by atoms with Gasteiger partial charge in [-0.25, -0.2) is 0 Å². The third-order valence-corrected chi connectivity index (χ3v) is 5.26. The van der Waals surface area contributed by atoms with Crippen LogP contribution in [0.15, 0.2) is 14.1 Å². The number of hydrogen-bond donors (Lipinski definition) is 1. The van der Waals surface area contributed by atoms with Crippen LogP contribution in [0.5, 0.6) is 0 Å². The van der Waals surface area contributed by atoms with Crippen molar-refractivity contribution in [1.29, 1.82) is 0 Å². The van der Waals surface area contributed by atoms with Crippen molar-refractivity contribution in [3.05, 3.63) is 14.9 Å². The number of halogens is 3. The molecular weight excluding hydrogens is 311 g/mol. The molecule has 12 heavy (non-hydrogen) atoms. The van der Waals surface area contributed by atoms with E-state index in [9.17, 15) is 8.42 Å². The molecule has 1 aromatic heterocycles. The van der Waals surface area contributed by atoms with Crippen molar-refractivity contribution in [2.24, 2.45) is 0 Å². The van der Waals surface area contributed by atoms with Crippen LogP contribution in [0.2, 0.25) is 5.02 Å². The van der Waals surface area contributed by atoms with Crippen molar-refractivity contribution < 1.29 is 13.0 Å². The molecule has 0 atom stereocenters. The summed E-state index contributed by atoms with van der Waals surface area (Å²) in [4.78, 5) is 0. The molecule has 0 saturated heterocycles. The van der Waals surface area contributed by atoms with Gasteiger partial charge in [0, 0.05) is 5.38 Å². The zero-order valence-corrected chi connectivity index (χ0v) is 10.1. The van der Waals surface area contributed by atoms with Gasteiger partial charge < -0.3 is 0 Å². The molecule has 0 bridgehead atoms. The van der Waals surface area contributed by atoms with Gasteiger partial charge in [-0.05, 0) is 15.9 Å². The highest BCUT2D eigenvalue weighted by Gasteiger charge is 2.18. The number of thiophene rings is 1. The van der Waals surface area contributed by atoms with Gasteiger partial charge in [0.25, 0.3) is 0 Å². The van der Waals surface area contributed by atoms with Gasteiger partial charge in [-0.1, -0.05) is 11.6 Å². The quantitative estimate of drug-likeness (QED) is 0.811. The SMILES string of the molecule is Cl.O=S(=O)(O)c1scc(Cl)c1Br. The van der Waals surface area contributed by atoms with E-state index in [2.05, 4.69) is 15.9 Å². The summed E-state index contributed by atoms with van der Waals surface area (Å²) in [6.45, 7) is 0. The molecule has 3 nitrogen and oxygen atoms in total. The molecule has 0 aliphatic rings. The average Bonchev–Trinajstić information content (AvgIpc) is 2.11. The first-order valence-corrected chi connectivity index (χ1v) is 5.82. The summed E-state index contributed by atoms with van der Waals surface area (Å²) in [7, 11) is -4.13. The second kappa shape index (κ2) is 4.26. The third kappa shape index (κ3) is 2.58. The van der Waals surface area contributed by atoms with Crippen LogP contribution in [-0.4, -0.2) is 13.0 Å². The van der Waals surface area contributed by atoms with Gasteiger partial charge in [-0.15, -0.1) is 23.7 Å². The predicted octanol–water partition coefficient (Wildman–Crippen LogP) is 2.83. The lowest BCUT2D eigenvalue weighted by Gasteiger charge is -1.90. The molecule has 1 heterocycles. The third-order valence-electron chi connectivity index (χ3n) is 0.893. The normalized spacial score (nSPS) is 10.9. The van der Waals surface area contributed by atoms with Gasteiger partial charge in [0.05, 0.1) is 9.50 Å². The molecule has 0 fully saturated rings. The largest absolute Gasteiger partial charge is 0.305 e. The van der Waals surface area contributed by atoms with E-state index in [0.717, 1.165) is 11.3 Å². The van der Waals surface area contributed by atoms with E-state index >= 15 is 0 Å². The maximum atomic E-state index is 10.5. The van der Waals surface area contributed by atoms with Crippen molar-refractivity contribution in [3.63, 3.8) is 0 Å². The lowest BCUT2D eigenvalue weighted by molar-refractivity contribution is 0.485. The summed E-state index contributed by atoms with van der Waals surface area (Å²) in [6.07, 6.45) is 0. The maximum Gasteiger partial charge on any atom is 0.305 e. The Kier molecular flexibility index (Phi) is 4.49. The van der Waals surface area contributed by atoms with E-state index in [1.54, 1.807) is 0 Å². The second-order valence-electron chi connectivity index (χ2n) is 1.66. The van der Waals surface area contributed by atoms with Gasteiger partial charge >= 0.3 is 10.1 Å². The van der Waals surface area contributed by atoms with Crippen LogP contribution >= 0.6 is 51.3 Å². The van der Waals surface area contributed by atoms with Gasteiger partial charge in [-0.3, -0.25) is 4.55 Å². The molecule has 1 N–H and O–H groups in total. The van der Waals surface area contributed by atoms with Crippen LogP contribution in [0.3, 0.4) is 0 Å². The Bertz CT molecular complexity index is 372. The first-order chi connectivity index (χ1) is 4.93. The van der Waals surface area contributed by atoms with Crippen molar-refractivity contribution in [2.45, 2.75) is 4.21 Å². The molecule has 0 amide bonds. The summed E-state index contributed by atoms with van der Waals surface area (Å²) in [5.74, 6) is 0. The highest BCUT2D eigenvalue weighted by Crippen LogP contribution is 2.35. The number of rotatable bonds is 1. The minimum atomic E-state index is -4.13. The van der Waals surface area contributed by atoms with E-state index in [4.69, 9.17) is 16.2 Å². The predicted molar refractivity (Wildman–Crippen MR) is 54.1 cm³/mol. The minimum absolute atomic E-state index is 0. The van der Waals surface area contributed by atoms with Crippen LogP contribution in [0.25, 0.3) is 0 Å². The summed E-state index contributed by atoms with van der Waals surface area (Å²) < 4.78 is 29.7. The molecule has 0 aromatic carbocycles. The molecule has 8 heteroatoms. The smallest absolute Gasteiger partial charge is 0.281 e. The molecule has 0 unspecified atom stereocenters. The Morgan fingerprint density at radius 2 is 2.08 bits per heavy atom. The van der Waals surface area contributed by atoms with Gasteiger partial charge in [0.15, 0.2) is 4.21 Å². The Hall–Kier alpha value is 0.670. The van der Waals surface area contributed by atoms with E-state index in [-0.39, 0.29) is 26.1 Å². The first kappa shape index (κ1) is 12.7. The van der Waals surface area contributed by atoms with Crippen molar-refractivity contribution >= 4 is 61.4 Å². The van der Waals surface area contributed by atoms with E-state index < -0.39 is 10.1 Å². The molecule has 0 aliphatic carbocycles. The van der Waals surface area contributed by atoms with Gasteiger partial charge in [0.1, 0.15) is 0 Å². The van der Waals surface area contributed by atoms with Crippen molar-refractivity contribution in [2.75, 3.05) is 0 Å². The van der Waals surface area contributed by atoms with Crippen LogP contribution < -0.4 is 0 Å². The molecule has 70 valence electrons. The first-order valence-electron chi connectivity index (χ1n) is 2.33. The molecule has 1 aromatic rings. The highest BCUT2D eigenvalue weighted by atomic mass is 79.9. The summed E-state index contributed by atoms with van der Waals surface area (Å²) in [5, 5.41) is 1.71. The van der Waals surface area contributed by atoms with E-state index in [1.165, 1.54) is 5.38 Å². The Labute approximate surface area is 93.0 Å². The van der Waals surface area contributed by atoms with Crippen LogP contribution in [0, 0.1) is 0 Å². The molecule has 0 spiro atoms. The minimum Gasteiger partial charge on any atom is -0.281 e. The standard InChI is InChI=1S/C4H2BrClO3S2.ClH/c5-3-2(6)1-10-4(3)11(7,8)9;/h1H,(H,7,8,9);1H. The molecule has 1 rings (SSSR count). The Balaban J connectivity index is 0.00000121. The Morgan fingerprint density at radius 3 is 2.25 bits per heavy atom. The monoisotopic (exact) mass is 312 g/mol. The van der Waals surface area contributed by atoms with Crippen molar-refractivity contribution in [1.82, 2.24) is 0 Å². The average molecular weight is 314 g/mol. The molecule has 0 aliphatic heterocycles. The second-order valence-corrected chi connectivity index (χ2v) is 5.36. The van der Waals surface area contributed by atoms with E-state index in [0.29, 0.717) is 0 Å². The zero-order valence-electron chi connectivity index (χ0n) is 5.32. The van der Waals surface area contributed by atoms with Crippen LogP contribution in [0.1, 0.15) is 0 Å². The summed E-state index contributed by atoms with van der Waals surface area (Å²) >= 11 is 9.31. The highest BCUT2D eigenvalue weighted by molar-refractivity contribution is 9.10. The molecule has 0 saturated carbocycles. The van der Waals surface area contributed by atoms with E-state index in [1.807, 2.05) is 0 Å². The fourth-order valence-corrected chi connectivity index (χ4v) is 3.49. The fraction of sp³-hybridized carbons (Fsp3) is 0. The van der Waals surface area contributed by atoms with Crippen molar-refractivity contribution in [3.8, 4) is 0 Å². The lowest BCUT2D eigenvalue weighted by Crippen LogP contribution is -1.94. The fourth-order valence-electron chi connectivity index (χ4n) is 0.480. The van der Waals surface area contributed by atoms with Crippen LogP contribution in [0.4, 0.5) is 0 Å². The molecular formula is C4H3BrCl2O3S2. The maximum absolute atomic E-state index is 10.5. The van der Waals surface area contributed by atoms with Gasteiger partial charge in [-0.2, -0.15) is 8.42 Å². The summed E-state index contributed by atoms with van der Waals surface area (Å²) in [6, 6.07) is 0. The zero-order chi connectivity index (χ0) is 8.65. The lowest BCUT2D eigenvalue weighted by atomic mass is 10.7. The topological polar surface area (TPSA) is 54.4 Å². The number of hydrogen-bond acceptors (Lipinski definition) is 3. The van der Waals surface area contributed by atoms with Gasteiger partial charge in [0.2, 0.25) is 0 Å². The van der Waals surface area contributed by atoms with Crippen LogP contribution in [-0.2, 0) is 10.1 Å².